The van der Waals surface area contributed by atoms with Gasteiger partial charge in [0.05, 0.1) is 11.2 Å². The van der Waals surface area contributed by atoms with Crippen molar-refractivity contribution >= 4 is 5.91 Å². The van der Waals surface area contributed by atoms with Crippen LogP contribution in [0.5, 0.6) is 0 Å². The van der Waals surface area contributed by atoms with Crippen molar-refractivity contribution in [1.29, 1.82) is 0 Å². The molecule has 0 aromatic heterocycles. The molecule has 122 valence electrons. The molecule has 1 atom stereocenters. The quantitative estimate of drug-likeness (QED) is 0.856. The number of hydrogen-bond acceptors (Lipinski definition) is 4. The van der Waals surface area contributed by atoms with Crippen LogP contribution in [0.15, 0.2) is 0 Å². The van der Waals surface area contributed by atoms with Crippen LogP contribution in [0.1, 0.15) is 47.0 Å². The van der Waals surface area contributed by atoms with Crippen molar-refractivity contribution in [3.63, 3.8) is 0 Å². The molecule has 0 radical (unpaired) electrons. The molecule has 2 aliphatic rings. The van der Waals surface area contributed by atoms with Crippen molar-refractivity contribution in [1.82, 2.24) is 10.2 Å². The Bertz CT molecular complexity index is 374. The van der Waals surface area contributed by atoms with Gasteiger partial charge in [0.1, 0.15) is 6.61 Å². The summed E-state index contributed by atoms with van der Waals surface area (Å²) < 4.78 is 11.1. The van der Waals surface area contributed by atoms with E-state index in [1.165, 1.54) is 0 Å². The van der Waals surface area contributed by atoms with E-state index in [0.29, 0.717) is 12.1 Å². The van der Waals surface area contributed by atoms with E-state index in [1.807, 2.05) is 4.90 Å². The predicted molar refractivity (Wildman–Crippen MR) is 82.3 cm³/mol. The first-order valence-corrected chi connectivity index (χ1v) is 7.96. The lowest BCUT2D eigenvalue weighted by molar-refractivity contribution is -0.136. The van der Waals surface area contributed by atoms with Gasteiger partial charge < -0.3 is 19.7 Å². The third-order valence-corrected chi connectivity index (χ3v) is 4.63. The number of hydrogen-bond donors (Lipinski definition) is 1. The second-order valence-corrected chi connectivity index (χ2v) is 7.48. The standard InChI is InChI=1S/C16H30N2O3/c1-15(2)10-13(16(3,4)21-15)17-12-6-8-18(9-7-12)14(19)11-20-5/h12-13,17H,6-11H2,1-5H3. The molecule has 2 aliphatic heterocycles. The maximum atomic E-state index is 11.8. The Morgan fingerprint density at radius 1 is 1.29 bits per heavy atom. The molecule has 1 amide bonds. The maximum absolute atomic E-state index is 11.8. The maximum Gasteiger partial charge on any atom is 0.248 e. The molecule has 0 bridgehead atoms. The highest BCUT2D eigenvalue weighted by atomic mass is 16.5. The van der Waals surface area contributed by atoms with E-state index in [0.717, 1.165) is 32.4 Å². The van der Waals surface area contributed by atoms with Crippen LogP contribution >= 0.6 is 0 Å². The molecular formula is C16H30N2O3. The summed E-state index contributed by atoms with van der Waals surface area (Å²) in [6.45, 7) is 10.5. The van der Waals surface area contributed by atoms with Crippen LogP contribution in [0.25, 0.3) is 0 Å². The molecule has 1 N–H and O–H groups in total. The second kappa shape index (κ2) is 6.23. The summed E-state index contributed by atoms with van der Waals surface area (Å²) in [5, 5.41) is 3.76. The summed E-state index contributed by atoms with van der Waals surface area (Å²) in [6.07, 6.45) is 3.04. The first-order chi connectivity index (χ1) is 9.73. The van der Waals surface area contributed by atoms with Crippen molar-refractivity contribution in [3.05, 3.63) is 0 Å². The van der Waals surface area contributed by atoms with Crippen molar-refractivity contribution in [3.8, 4) is 0 Å². The summed E-state index contributed by atoms with van der Waals surface area (Å²) in [5.41, 5.74) is -0.192. The molecular weight excluding hydrogens is 268 g/mol. The Morgan fingerprint density at radius 2 is 1.90 bits per heavy atom. The van der Waals surface area contributed by atoms with E-state index in [2.05, 4.69) is 33.0 Å². The van der Waals surface area contributed by atoms with Gasteiger partial charge in [-0.2, -0.15) is 0 Å². The minimum Gasteiger partial charge on any atom is -0.375 e. The Balaban J connectivity index is 1.83. The van der Waals surface area contributed by atoms with Gasteiger partial charge in [-0.1, -0.05) is 0 Å². The summed E-state index contributed by atoms with van der Waals surface area (Å²) in [7, 11) is 1.57. The molecule has 0 aliphatic carbocycles. The van der Waals surface area contributed by atoms with Gasteiger partial charge >= 0.3 is 0 Å². The molecule has 5 heteroatoms. The van der Waals surface area contributed by atoms with Gasteiger partial charge in [-0.3, -0.25) is 4.79 Å². The van der Waals surface area contributed by atoms with Gasteiger partial charge in [0.2, 0.25) is 5.91 Å². The minimum atomic E-state index is -0.132. The van der Waals surface area contributed by atoms with Gasteiger partial charge in [0.25, 0.3) is 0 Å². The highest BCUT2D eigenvalue weighted by Crippen LogP contribution is 2.37. The molecule has 2 fully saturated rings. The number of carbonyl (C=O) groups is 1. The van der Waals surface area contributed by atoms with E-state index in [-0.39, 0.29) is 23.7 Å². The van der Waals surface area contributed by atoms with Crippen molar-refractivity contribution in [2.24, 2.45) is 0 Å². The lowest BCUT2D eigenvalue weighted by Crippen LogP contribution is -2.52. The lowest BCUT2D eigenvalue weighted by Gasteiger charge is -2.36. The van der Waals surface area contributed by atoms with Crippen LogP contribution in [0, 0.1) is 0 Å². The number of ether oxygens (including phenoxy) is 2. The number of amides is 1. The van der Waals surface area contributed by atoms with Crippen LogP contribution in [-0.2, 0) is 14.3 Å². The highest BCUT2D eigenvalue weighted by Gasteiger charge is 2.46. The van der Waals surface area contributed by atoms with Gasteiger partial charge in [-0.15, -0.1) is 0 Å². The number of methoxy groups -OCH3 is 1. The summed E-state index contributed by atoms with van der Waals surface area (Å²) in [5.74, 6) is 0.0987. The molecule has 0 aromatic rings. The van der Waals surface area contributed by atoms with Gasteiger partial charge in [-0.05, 0) is 47.0 Å². The summed E-state index contributed by atoms with van der Waals surface area (Å²) in [6, 6.07) is 0.845. The zero-order valence-corrected chi connectivity index (χ0v) is 14.1. The molecule has 1 unspecified atom stereocenters. The monoisotopic (exact) mass is 298 g/mol. The fraction of sp³-hybridized carbons (Fsp3) is 0.938. The summed E-state index contributed by atoms with van der Waals surface area (Å²) >= 11 is 0. The Morgan fingerprint density at radius 3 is 2.38 bits per heavy atom. The van der Waals surface area contributed by atoms with E-state index in [9.17, 15) is 4.79 Å². The third-order valence-electron chi connectivity index (χ3n) is 4.63. The molecule has 0 spiro atoms. The van der Waals surface area contributed by atoms with Crippen LogP contribution < -0.4 is 5.32 Å². The van der Waals surface area contributed by atoms with Crippen molar-refractivity contribution in [2.75, 3.05) is 26.8 Å². The Labute approximate surface area is 128 Å². The predicted octanol–water partition coefficient (Wildman–Crippen LogP) is 1.56. The molecule has 2 saturated heterocycles. The number of rotatable bonds is 4. The van der Waals surface area contributed by atoms with E-state index in [1.54, 1.807) is 7.11 Å². The molecule has 21 heavy (non-hydrogen) atoms. The van der Waals surface area contributed by atoms with Gasteiger partial charge in [0, 0.05) is 32.3 Å². The average molecular weight is 298 g/mol. The number of likely N-dealkylation sites (tertiary alicyclic amines) is 1. The van der Waals surface area contributed by atoms with Crippen LogP contribution in [0.2, 0.25) is 0 Å². The molecule has 2 rings (SSSR count). The minimum absolute atomic E-state index is 0.0592. The largest absolute Gasteiger partial charge is 0.375 e. The second-order valence-electron chi connectivity index (χ2n) is 7.48. The van der Waals surface area contributed by atoms with Gasteiger partial charge in [-0.25, -0.2) is 0 Å². The number of piperidine rings is 1. The fourth-order valence-corrected chi connectivity index (χ4v) is 3.62. The number of carbonyl (C=O) groups excluding carboxylic acids is 1. The Hall–Kier alpha value is -0.650. The van der Waals surface area contributed by atoms with E-state index >= 15 is 0 Å². The van der Waals surface area contributed by atoms with Crippen molar-refractivity contribution < 1.29 is 14.3 Å². The molecule has 0 saturated carbocycles. The van der Waals surface area contributed by atoms with Crippen molar-refractivity contribution in [2.45, 2.75) is 70.2 Å². The normalized spacial score (nSPS) is 28.8. The zero-order valence-electron chi connectivity index (χ0n) is 14.1. The lowest BCUT2D eigenvalue weighted by atomic mass is 9.92. The first kappa shape index (κ1) is 16.7. The molecule has 2 heterocycles. The van der Waals surface area contributed by atoms with Crippen LogP contribution in [0.4, 0.5) is 0 Å². The van der Waals surface area contributed by atoms with Gasteiger partial charge in [0.15, 0.2) is 0 Å². The Kier molecular flexibility index (Phi) is 4.96. The zero-order chi connectivity index (χ0) is 15.7. The third kappa shape index (κ3) is 4.18. The SMILES string of the molecule is COCC(=O)N1CCC(NC2CC(C)(C)OC2(C)C)CC1. The van der Waals surface area contributed by atoms with E-state index in [4.69, 9.17) is 9.47 Å². The van der Waals surface area contributed by atoms with Crippen LogP contribution in [-0.4, -0.2) is 60.9 Å². The van der Waals surface area contributed by atoms with E-state index < -0.39 is 0 Å². The number of nitrogens with one attached hydrogen (secondary N) is 1. The smallest absolute Gasteiger partial charge is 0.248 e. The molecule has 0 aromatic carbocycles. The first-order valence-electron chi connectivity index (χ1n) is 7.96. The average Bonchev–Trinajstić information content (AvgIpc) is 2.58. The summed E-state index contributed by atoms with van der Waals surface area (Å²) in [4.78, 5) is 13.7. The molecule has 5 nitrogen and oxygen atoms in total. The fourth-order valence-electron chi connectivity index (χ4n) is 3.62. The topological polar surface area (TPSA) is 50.8 Å². The number of nitrogens with zero attached hydrogens (tertiary/aromatic N) is 1. The van der Waals surface area contributed by atoms with Crippen LogP contribution in [0.3, 0.4) is 0 Å². The highest BCUT2D eigenvalue weighted by molar-refractivity contribution is 5.77.